The van der Waals surface area contributed by atoms with E-state index in [-0.39, 0.29) is 23.8 Å². The highest BCUT2D eigenvalue weighted by Gasteiger charge is 2.36. The van der Waals surface area contributed by atoms with E-state index in [2.05, 4.69) is 15.4 Å². The Morgan fingerprint density at radius 1 is 1.06 bits per heavy atom. The Balaban J connectivity index is 1.54. The summed E-state index contributed by atoms with van der Waals surface area (Å²) >= 11 is 0. The molecule has 0 saturated heterocycles. The molecule has 3 heterocycles. The highest BCUT2D eigenvalue weighted by molar-refractivity contribution is 6.03. The van der Waals surface area contributed by atoms with Crippen LogP contribution in [0.3, 0.4) is 0 Å². The van der Waals surface area contributed by atoms with E-state index in [9.17, 15) is 18.0 Å². The highest BCUT2D eigenvalue weighted by atomic mass is 19.4. The van der Waals surface area contributed by atoms with E-state index in [1.807, 2.05) is 0 Å². The molecule has 0 fully saturated rings. The number of nitrogens with zero attached hydrogens (tertiary/aromatic N) is 3. The molecule has 1 aliphatic heterocycles. The molecule has 4 aromatic rings. The van der Waals surface area contributed by atoms with Gasteiger partial charge in [0.1, 0.15) is 5.75 Å². The molecule has 2 aromatic heterocycles. The van der Waals surface area contributed by atoms with Crippen molar-refractivity contribution in [2.45, 2.75) is 6.18 Å². The maximum absolute atomic E-state index is 13.8. The average Bonchev–Trinajstić information content (AvgIpc) is 3.44. The van der Waals surface area contributed by atoms with Gasteiger partial charge in [0.25, 0.3) is 5.91 Å². The van der Waals surface area contributed by atoms with Crippen LogP contribution in [-0.4, -0.2) is 34.4 Å². The molecule has 0 bridgehead atoms. The zero-order valence-electron chi connectivity index (χ0n) is 17.0. The predicted octanol–water partition coefficient (Wildman–Crippen LogP) is 4.40. The number of carbonyl (C=O) groups is 1. The van der Waals surface area contributed by atoms with Gasteiger partial charge in [0.15, 0.2) is 28.5 Å². The number of hydrogen-bond acceptors (Lipinski definition) is 6. The SMILES string of the molecule is COc1ccc(NC(=O)c2cc3nc(-c4ccc5c(c4)OCO5)cc(C(F)(F)F)n3n2)cc1. The Morgan fingerprint density at radius 2 is 1.82 bits per heavy atom. The van der Waals surface area contributed by atoms with Gasteiger partial charge in [-0.25, -0.2) is 9.50 Å². The molecule has 1 N–H and O–H groups in total. The van der Waals surface area contributed by atoms with Gasteiger partial charge in [-0.05, 0) is 48.5 Å². The van der Waals surface area contributed by atoms with Crippen LogP contribution in [0, 0.1) is 0 Å². The van der Waals surface area contributed by atoms with Crippen LogP contribution < -0.4 is 19.5 Å². The van der Waals surface area contributed by atoms with Crippen LogP contribution in [0.15, 0.2) is 54.6 Å². The molecule has 0 unspecified atom stereocenters. The zero-order valence-corrected chi connectivity index (χ0v) is 17.0. The summed E-state index contributed by atoms with van der Waals surface area (Å²) in [4.78, 5) is 16.9. The third-order valence-corrected chi connectivity index (χ3v) is 4.97. The number of alkyl halides is 3. The summed E-state index contributed by atoms with van der Waals surface area (Å²) in [6, 6.07) is 13.3. The maximum atomic E-state index is 13.8. The summed E-state index contributed by atoms with van der Waals surface area (Å²) in [6.07, 6.45) is -4.73. The first-order valence-corrected chi connectivity index (χ1v) is 9.65. The summed E-state index contributed by atoms with van der Waals surface area (Å²) in [5, 5.41) is 6.45. The lowest BCUT2D eigenvalue weighted by Gasteiger charge is -2.11. The summed E-state index contributed by atoms with van der Waals surface area (Å²) in [7, 11) is 1.51. The Kier molecular flexibility index (Phi) is 4.81. The Bertz CT molecular complexity index is 1370. The van der Waals surface area contributed by atoms with Gasteiger partial charge in [-0.2, -0.15) is 18.3 Å². The topological polar surface area (TPSA) is 87.0 Å². The van der Waals surface area contributed by atoms with Crippen LogP contribution >= 0.6 is 0 Å². The second-order valence-corrected chi connectivity index (χ2v) is 7.07. The summed E-state index contributed by atoms with van der Waals surface area (Å²) in [6.45, 7) is 0.0361. The smallest absolute Gasteiger partial charge is 0.433 e. The van der Waals surface area contributed by atoms with Crippen LogP contribution in [0.25, 0.3) is 16.9 Å². The highest BCUT2D eigenvalue weighted by Crippen LogP contribution is 2.37. The number of anilines is 1. The van der Waals surface area contributed by atoms with E-state index in [1.165, 1.54) is 13.2 Å². The molecule has 33 heavy (non-hydrogen) atoms. The van der Waals surface area contributed by atoms with Crippen molar-refractivity contribution in [2.24, 2.45) is 0 Å². The molecule has 0 aliphatic carbocycles. The van der Waals surface area contributed by atoms with E-state index < -0.39 is 17.8 Å². The quantitative estimate of drug-likeness (QED) is 0.490. The van der Waals surface area contributed by atoms with Crippen molar-refractivity contribution in [1.82, 2.24) is 14.6 Å². The summed E-state index contributed by atoms with van der Waals surface area (Å²) in [5.41, 5.74) is -0.525. The first-order chi connectivity index (χ1) is 15.8. The molecule has 2 aromatic carbocycles. The van der Waals surface area contributed by atoms with Crippen molar-refractivity contribution < 1.29 is 32.2 Å². The largest absolute Gasteiger partial charge is 0.497 e. The van der Waals surface area contributed by atoms with Crippen molar-refractivity contribution in [3.05, 3.63) is 66.0 Å². The molecule has 8 nitrogen and oxygen atoms in total. The number of methoxy groups -OCH3 is 1. The Morgan fingerprint density at radius 3 is 2.55 bits per heavy atom. The molecule has 11 heteroatoms. The molecule has 0 atom stereocenters. The first-order valence-electron chi connectivity index (χ1n) is 9.65. The first kappa shape index (κ1) is 20.6. The van der Waals surface area contributed by atoms with Crippen LogP contribution in [-0.2, 0) is 6.18 Å². The van der Waals surface area contributed by atoms with E-state index >= 15 is 0 Å². The molecule has 168 valence electrons. The van der Waals surface area contributed by atoms with Crippen LogP contribution in [0.4, 0.5) is 18.9 Å². The van der Waals surface area contributed by atoms with Gasteiger partial charge < -0.3 is 19.5 Å². The number of aromatic nitrogens is 3. The summed E-state index contributed by atoms with van der Waals surface area (Å²) in [5.74, 6) is 0.827. The number of amides is 1. The number of carbonyl (C=O) groups excluding carboxylic acids is 1. The number of ether oxygens (including phenoxy) is 3. The molecular weight excluding hydrogens is 441 g/mol. The zero-order chi connectivity index (χ0) is 23.2. The van der Waals surface area contributed by atoms with Gasteiger partial charge in [-0.15, -0.1) is 0 Å². The fourth-order valence-corrected chi connectivity index (χ4v) is 3.36. The van der Waals surface area contributed by atoms with Gasteiger partial charge in [0.05, 0.1) is 12.8 Å². The molecule has 1 aliphatic rings. The fraction of sp³-hybridized carbons (Fsp3) is 0.136. The second kappa shape index (κ2) is 7.69. The second-order valence-electron chi connectivity index (χ2n) is 7.07. The van der Waals surface area contributed by atoms with Crippen molar-refractivity contribution >= 4 is 17.2 Å². The van der Waals surface area contributed by atoms with Crippen LogP contribution in [0.2, 0.25) is 0 Å². The maximum Gasteiger partial charge on any atom is 0.433 e. The number of nitrogens with one attached hydrogen (secondary N) is 1. The molecular formula is C22H15F3N4O4. The molecule has 0 radical (unpaired) electrons. The van der Waals surface area contributed by atoms with Gasteiger partial charge in [0, 0.05) is 17.3 Å². The lowest BCUT2D eigenvalue weighted by molar-refractivity contribution is -0.142. The predicted molar refractivity (Wildman–Crippen MR) is 110 cm³/mol. The number of halogens is 3. The Labute approximate surface area is 184 Å². The van der Waals surface area contributed by atoms with E-state index in [0.29, 0.717) is 33.0 Å². The standard InChI is InChI=1S/C22H15F3N4O4/c1-31-14-5-3-13(4-6-14)26-21(30)16-10-20-27-15(9-19(22(23,24)25)29(20)28-16)12-2-7-17-18(8-12)33-11-32-17/h2-10H,11H2,1H3,(H,26,30). The van der Waals surface area contributed by atoms with Crippen LogP contribution in [0.1, 0.15) is 16.2 Å². The van der Waals surface area contributed by atoms with Crippen molar-refractivity contribution in [1.29, 1.82) is 0 Å². The lowest BCUT2D eigenvalue weighted by Crippen LogP contribution is -2.15. The minimum atomic E-state index is -4.73. The third kappa shape index (κ3) is 3.88. The fourth-order valence-electron chi connectivity index (χ4n) is 3.36. The lowest BCUT2D eigenvalue weighted by atomic mass is 10.1. The average molecular weight is 456 g/mol. The Hall–Kier alpha value is -4.28. The normalized spacial score (nSPS) is 12.7. The minimum absolute atomic E-state index is 0.0361. The third-order valence-electron chi connectivity index (χ3n) is 4.97. The molecule has 5 rings (SSSR count). The van der Waals surface area contributed by atoms with Gasteiger partial charge >= 0.3 is 6.18 Å². The van der Waals surface area contributed by atoms with Crippen molar-refractivity contribution in [3.63, 3.8) is 0 Å². The monoisotopic (exact) mass is 456 g/mol. The van der Waals surface area contributed by atoms with Crippen LogP contribution in [0.5, 0.6) is 17.2 Å². The van der Waals surface area contributed by atoms with Gasteiger partial charge in [-0.1, -0.05) is 0 Å². The minimum Gasteiger partial charge on any atom is -0.497 e. The van der Waals surface area contributed by atoms with E-state index in [4.69, 9.17) is 14.2 Å². The molecule has 1 amide bonds. The molecule has 0 saturated carbocycles. The number of rotatable bonds is 4. The van der Waals surface area contributed by atoms with E-state index in [1.54, 1.807) is 42.5 Å². The van der Waals surface area contributed by atoms with Gasteiger partial charge in [-0.3, -0.25) is 4.79 Å². The van der Waals surface area contributed by atoms with Crippen molar-refractivity contribution in [3.8, 4) is 28.5 Å². The summed E-state index contributed by atoms with van der Waals surface area (Å²) < 4.78 is 57.7. The molecule has 0 spiro atoms. The van der Waals surface area contributed by atoms with Gasteiger partial charge in [0.2, 0.25) is 6.79 Å². The van der Waals surface area contributed by atoms with E-state index in [0.717, 1.165) is 6.07 Å². The number of hydrogen-bond donors (Lipinski definition) is 1. The number of fused-ring (bicyclic) bond motifs is 2. The number of benzene rings is 2. The van der Waals surface area contributed by atoms with Crippen molar-refractivity contribution in [2.75, 3.05) is 19.2 Å².